The van der Waals surface area contributed by atoms with Crippen LogP contribution >= 0.6 is 7.82 Å². The Bertz CT molecular complexity index is 776. The van der Waals surface area contributed by atoms with Crippen molar-refractivity contribution in [1.82, 2.24) is 0 Å². The minimum absolute atomic E-state index is 0.255. The molecule has 0 aliphatic heterocycles. The van der Waals surface area contributed by atoms with Crippen LogP contribution in [0.2, 0.25) is 0 Å². The molecule has 0 aliphatic carbocycles. The average molecular weight is 720 g/mol. The van der Waals surface area contributed by atoms with E-state index in [1.165, 1.54) is 135 Å². The van der Waals surface area contributed by atoms with Crippen LogP contribution in [0.15, 0.2) is 0 Å². The number of aliphatic hydroxyl groups excluding tert-OH is 1. The number of carbonyl (C=O) groups is 1. The second-order valence-corrected chi connectivity index (χ2v) is 17.0. The summed E-state index contributed by atoms with van der Waals surface area (Å²) < 4.78 is 29.3. The maximum Gasteiger partial charge on any atom is 0.306 e. The number of aliphatic hydroxyl groups is 1. The summed E-state index contributed by atoms with van der Waals surface area (Å²) in [4.78, 5) is 25.1. The number of likely N-dealkylation sites (N-methyl/N-ethyl adjacent to an activating group) is 1. The van der Waals surface area contributed by atoms with E-state index in [0.29, 0.717) is 17.4 Å². The van der Waals surface area contributed by atoms with E-state index in [1.807, 2.05) is 21.1 Å². The van der Waals surface area contributed by atoms with Crippen LogP contribution in [-0.4, -0.2) is 68.7 Å². The Labute approximate surface area is 304 Å². The van der Waals surface area contributed by atoms with Crippen LogP contribution in [-0.2, 0) is 23.1 Å². The number of phosphoric ester groups is 1. The van der Waals surface area contributed by atoms with Gasteiger partial charge in [-0.05, 0) is 12.8 Å². The van der Waals surface area contributed by atoms with Gasteiger partial charge in [-0.3, -0.25) is 9.36 Å². The molecule has 0 rings (SSSR count). The van der Waals surface area contributed by atoms with Crippen LogP contribution in [0.4, 0.5) is 0 Å². The fourth-order valence-corrected chi connectivity index (χ4v) is 7.35. The van der Waals surface area contributed by atoms with E-state index in [2.05, 4.69) is 13.8 Å². The number of ether oxygens (including phenoxy) is 1. The minimum Gasteiger partial charge on any atom is -0.756 e. The molecule has 49 heavy (non-hydrogen) atoms. The number of carbonyl (C=O) groups excluding carboxylic acids is 1. The van der Waals surface area contributed by atoms with Gasteiger partial charge in [0.2, 0.25) is 0 Å². The standard InChI is InChI=1S/C40H82NO7P/c1-6-8-10-12-14-16-18-20-22-23-25-27-29-31-33-38(35-41(3,4)5)48-49(44,45)46-37-39(36-42)47-40(43)34-32-30-28-26-24-21-19-17-15-13-11-9-7-2/h38-39,42H,6-37H2,1-5H3/t38?,39-/m1/s1. The number of unbranched alkanes of at least 4 members (excludes halogenated alkanes) is 25. The summed E-state index contributed by atoms with van der Waals surface area (Å²) in [6.07, 6.45) is 33.1. The zero-order chi connectivity index (χ0) is 36.5. The van der Waals surface area contributed by atoms with Crippen molar-refractivity contribution in [3.05, 3.63) is 0 Å². The molecular weight excluding hydrogens is 637 g/mol. The van der Waals surface area contributed by atoms with Gasteiger partial charge in [-0.25, -0.2) is 0 Å². The molecule has 0 bridgehead atoms. The van der Waals surface area contributed by atoms with E-state index in [-0.39, 0.29) is 6.42 Å². The number of esters is 1. The van der Waals surface area contributed by atoms with E-state index in [9.17, 15) is 19.4 Å². The molecule has 0 aliphatic rings. The number of hydrogen-bond donors (Lipinski definition) is 1. The van der Waals surface area contributed by atoms with E-state index >= 15 is 0 Å². The van der Waals surface area contributed by atoms with Gasteiger partial charge < -0.3 is 28.3 Å². The van der Waals surface area contributed by atoms with Gasteiger partial charge in [0.1, 0.15) is 18.8 Å². The maximum absolute atomic E-state index is 12.7. The van der Waals surface area contributed by atoms with Crippen molar-refractivity contribution in [2.75, 3.05) is 40.9 Å². The van der Waals surface area contributed by atoms with Crippen LogP contribution < -0.4 is 4.89 Å². The topological polar surface area (TPSA) is 105 Å². The van der Waals surface area contributed by atoms with Gasteiger partial charge in [0.15, 0.2) is 0 Å². The van der Waals surface area contributed by atoms with Crippen molar-refractivity contribution in [2.45, 2.75) is 212 Å². The normalized spacial score (nSPS) is 14.5. The number of phosphoric acid groups is 1. The second kappa shape index (κ2) is 33.3. The molecule has 0 aromatic carbocycles. The highest BCUT2D eigenvalue weighted by molar-refractivity contribution is 7.45. The van der Waals surface area contributed by atoms with Gasteiger partial charge in [0.05, 0.1) is 34.4 Å². The Morgan fingerprint density at radius 2 is 0.980 bits per heavy atom. The first-order valence-electron chi connectivity index (χ1n) is 20.8. The predicted molar refractivity (Wildman–Crippen MR) is 204 cm³/mol. The maximum atomic E-state index is 12.7. The molecule has 9 heteroatoms. The lowest BCUT2D eigenvalue weighted by atomic mass is 10.0. The van der Waals surface area contributed by atoms with Crippen LogP contribution in [0.3, 0.4) is 0 Å². The molecule has 0 amide bonds. The third-order valence-corrected chi connectivity index (χ3v) is 10.3. The smallest absolute Gasteiger partial charge is 0.306 e. The van der Waals surface area contributed by atoms with Crippen molar-refractivity contribution in [3.63, 3.8) is 0 Å². The Morgan fingerprint density at radius 1 is 0.612 bits per heavy atom. The molecule has 0 spiro atoms. The van der Waals surface area contributed by atoms with Crippen molar-refractivity contribution in [2.24, 2.45) is 0 Å². The first-order chi connectivity index (χ1) is 23.5. The molecule has 0 saturated heterocycles. The minimum atomic E-state index is -4.65. The number of nitrogens with zero attached hydrogens (tertiary/aromatic N) is 1. The Hall–Kier alpha value is -0.500. The lowest BCUT2D eigenvalue weighted by Gasteiger charge is -2.33. The van der Waals surface area contributed by atoms with Gasteiger partial charge in [-0.1, -0.05) is 181 Å². The first kappa shape index (κ1) is 48.5. The Kier molecular flexibility index (Phi) is 33.0. The Morgan fingerprint density at radius 3 is 1.35 bits per heavy atom. The molecule has 2 unspecified atom stereocenters. The van der Waals surface area contributed by atoms with E-state index in [1.54, 1.807) is 0 Å². The molecule has 0 aromatic rings. The Balaban J connectivity index is 4.17. The fourth-order valence-electron chi connectivity index (χ4n) is 6.40. The monoisotopic (exact) mass is 720 g/mol. The summed E-state index contributed by atoms with van der Waals surface area (Å²) in [5.41, 5.74) is 0. The van der Waals surface area contributed by atoms with Crippen molar-refractivity contribution in [1.29, 1.82) is 0 Å². The van der Waals surface area contributed by atoms with Crippen LogP contribution in [0.1, 0.15) is 200 Å². The van der Waals surface area contributed by atoms with Crippen molar-refractivity contribution >= 4 is 13.8 Å². The first-order valence-corrected chi connectivity index (χ1v) is 22.2. The molecule has 0 fully saturated rings. The van der Waals surface area contributed by atoms with E-state index in [4.69, 9.17) is 13.8 Å². The summed E-state index contributed by atoms with van der Waals surface area (Å²) >= 11 is 0. The summed E-state index contributed by atoms with van der Waals surface area (Å²) in [6, 6.07) is 0. The third kappa shape index (κ3) is 35.7. The summed E-state index contributed by atoms with van der Waals surface area (Å²) in [7, 11) is 1.38. The molecule has 0 aromatic heterocycles. The van der Waals surface area contributed by atoms with E-state index in [0.717, 1.165) is 38.5 Å². The molecule has 8 nitrogen and oxygen atoms in total. The quantitative estimate of drug-likeness (QED) is 0.0293. The summed E-state index contributed by atoms with van der Waals surface area (Å²) in [6.45, 7) is 4.09. The number of rotatable bonds is 38. The summed E-state index contributed by atoms with van der Waals surface area (Å²) in [5, 5.41) is 9.69. The fraction of sp³-hybridized carbons (Fsp3) is 0.975. The molecule has 3 atom stereocenters. The van der Waals surface area contributed by atoms with Crippen molar-refractivity contribution < 1.29 is 37.6 Å². The van der Waals surface area contributed by atoms with Crippen LogP contribution in [0.5, 0.6) is 0 Å². The van der Waals surface area contributed by atoms with Crippen LogP contribution in [0.25, 0.3) is 0 Å². The van der Waals surface area contributed by atoms with Gasteiger partial charge >= 0.3 is 5.97 Å². The predicted octanol–water partition coefficient (Wildman–Crippen LogP) is 10.8. The highest BCUT2D eigenvalue weighted by Gasteiger charge is 2.25. The summed E-state index contributed by atoms with van der Waals surface area (Å²) in [5.74, 6) is -0.437. The second-order valence-electron chi connectivity index (χ2n) is 15.6. The van der Waals surface area contributed by atoms with Crippen LogP contribution in [0, 0.1) is 0 Å². The highest BCUT2D eigenvalue weighted by atomic mass is 31.2. The van der Waals surface area contributed by atoms with Crippen molar-refractivity contribution in [3.8, 4) is 0 Å². The number of quaternary nitrogens is 1. The largest absolute Gasteiger partial charge is 0.756 e. The molecule has 0 saturated carbocycles. The lowest BCUT2D eigenvalue weighted by molar-refractivity contribution is -0.873. The lowest BCUT2D eigenvalue weighted by Crippen LogP contribution is -2.42. The van der Waals surface area contributed by atoms with Gasteiger partial charge in [0.25, 0.3) is 7.82 Å². The molecule has 1 N–H and O–H groups in total. The molecular formula is C40H82NO7P. The zero-order valence-electron chi connectivity index (χ0n) is 33.1. The van der Waals surface area contributed by atoms with Gasteiger partial charge in [-0.15, -0.1) is 0 Å². The highest BCUT2D eigenvalue weighted by Crippen LogP contribution is 2.41. The molecule has 294 valence electrons. The third-order valence-electron chi connectivity index (χ3n) is 9.31. The SMILES string of the molecule is CCCCCCCCCCCCCCCCC(C[N+](C)(C)C)OP(=O)([O-])OC[C@@H](CO)OC(=O)CCCCCCCCCCCCCCC. The van der Waals surface area contributed by atoms with E-state index < -0.39 is 39.2 Å². The average Bonchev–Trinajstić information content (AvgIpc) is 3.04. The zero-order valence-corrected chi connectivity index (χ0v) is 34.0. The molecule has 0 radical (unpaired) electrons. The molecule has 0 heterocycles. The van der Waals surface area contributed by atoms with Gasteiger partial charge in [0, 0.05) is 6.42 Å². The number of hydrogen-bond acceptors (Lipinski definition) is 7. The van der Waals surface area contributed by atoms with Gasteiger partial charge in [-0.2, -0.15) is 0 Å².